The number of carbonyl (C=O) groups is 2. The second kappa shape index (κ2) is 5.26. The van der Waals surface area contributed by atoms with Crippen molar-refractivity contribution in [3.05, 3.63) is 15.6 Å². The summed E-state index contributed by atoms with van der Waals surface area (Å²) in [5, 5.41) is 9.94. The number of aliphatic carboxylic acids is 1. The third-order valence-electron chi connectivity index (χ3n) is 3.28. The number of carboxylic acids is 1. The lowest BCUT2D eigenvalue weighted by Crippen LogP contribution is -2.44. The number of aryl methyl sites for hydroxylation is 2. The van der Waals surface area contributed by atoms with E-state index in [0.717, 1.165) is 5.01 Å². The molecular formula is C12H16N2O4S. The summed E-state index contributed by atoms with van der Waals surface area (Å²) in [7, 11) is 1.62. The topological polar surface area (TPSA) is 79.7 Å². The number of likely N-dealkylation sites (N-methyl/N-ethyl adjacent to an activating group) is 1. The molecule has 2 unspecified atom stereocenters. The molecule has 2 heterocycles. The Morgan fingerprint density at radius 2 is 2.11 bits per heavy atom. The van der Waals surface area contributed by atoms with Crippen molar-refractivity contribution in [2.24, 2.45) is 5.92 Å². The molecule has 0 aromatic carbocycles. The molecule has 1 fully saturated rings. The van der Waals surface area contributed by atoms with Crippen LogP contribution in [-0.2, 0) is 9.53 Å². The molecule has 7 heteroatoms. The molecule has 0 saturated carbocycles. The van der Waals surface area contributed by atoms with E-state index >= 15 is 0 Å². The van der Waals surface area contributed by atoms with E-state index < -0.39 is 17.9 Å². The first kappa shape index (κ1) is 14.0. The molecule has 0 aliphatic carbocycles. The van der Waals surface area contributed by atoms with E-state index in [1.807, 2.05) is 6.92 Å². The smallest absolute Gasteiger partial charge is 0.311 e. The zero-order chi connectivity index (χ0) is 14.2. The number of thiazole rings is 1. The van der Waals surface area contributed by atoms with Crippen LogP contribution in [0.2, 0.25) is 0 Å². The molecule has 6 nitrogen and oxygen atoms in total. The van der Waals surface area contributed by atoms with Gasteiger partial charge in [0.1, 0.15) is 10.8 Å². The summed E-state index contributed by atoms with van der Waals surface area (Å²) in [4.78, 5) is 29.7. The van der Waals surface area contributed by atoms with Gasteiger partial charge in [-0.3, -0.25) is 9.59 Å². The van der Waals surface area contributed by atoms with Crippen LogP contribution in [-0.4, -0.2) is 53.2 Å². The number of hydrogen-bond acceptors (Lipinski definition) is 5. The molecule has 1 aromatic heterocycles. The van der Waals surface area contributed by atoms with Crippen molar-refractivity contribution < 1.29 is 19.4 Å². The minimum Gasteiger partial charge on any atom is -0.481 e. The van der Waals surface area contributed by atoms with Crippen molar-refractivity contribution in [2.45, 2.75) is 19.9 Å². The second-order valence-corrected chi connectivity index (χ2v) is 5.82. The fraction of sp³-hybridized carbons (Fsp3) is 0.583. The summed E-state index contributed by atoms with van der Waals surface area (Å²) in [6.45, 7) is 4.03. The van der Waals surface area contributed by atoms with Crippen LogP contribution >= 0.6 is 11.3 Å². The van der Waals surface area contributed by atoms with Gasteiger partial charge in [0.15, 0.2) is 0 Å². The molecule has 1 aromatic rings. The van der Waals surface area contributed by atoms with E-state index in [2.05, 4.69) is 4.98 Å². The summed E-state index contributed by atoms with van der Waals surface area (Å²) < 4.78 is 5.19. The van der Waals surface area contributed by atoms with Gasteiger partial charge in [0.25, 0.3) is 5.91 Å². The number of carboxylic acid groups (broad SMARTS) is 1. The number of rotatable bonds is 3. The van der Waals surface area contributed by atoms with E-state index in [-0.39, 0.29) is 19.1 Å². The normalized spacial score (nSPS) is 22.5. The summed E-state index contributed by atoms with van der Waals surface area (Å²) in [5.41, 5.74) is 0.685. The van der Waals surface area contributed by atoms with Crippen LogP contribution in [0.5, 0.6) is 0 Å². The Hall–Kier alpha value is -1.47. The van der Waals surface area contributed by atoms with E-state index in [1.54, 1.807) is 14.0 Å². The van der Waals surface area contributed by atoms with Crippen molar-refractivity contribution >= 4 is 23.2 Å². The van der Waals surface area contributed by atoms with E-state index in [9.17, 15) is 9.59 Å². The highest BCUT2D eigenvalue weighted by Crippen LogP contribution is 2.24. The minimum absolute atomic E-state index is 0.151. The van der Waals surface area contributed by atoms with Gasteiger partial charge in [-0.2, -0.15) is 0 Å². The van der Waals surface area contributed by atoms with Crippen LogP contribution in [0.3, 0.4) is 0 Å². The molecule has 1 aliphatic rings. The Bertz CT molecular complexity index is 514. The molecule has 0 bridgehead atoms. The van der Waals surface area contributed by atoms with Crippen LogP contribution in [0, 0.1) is 19.8 Å². The monoisotopic (exact) mass is 284 g/mol. The molecule has 19 heavy (non-hydrogen) atoms. The number of amides is 1. The summed E-state index contributed by atoms with van der Waals surface area (Å²) >= 11 is 1.33. The number of nitrogens with zero attached hydrogens (tertiary/aromatic N) is 2. The highest BCUT2D eigenvalue weighted by atomic mass is 32.1. The van der Waals surface area contributed by atoms with Crippen LogP contribution in [0.4, 0.5) is 0 Å². The van der Waals surface area contributed by atoms with Crippen molar-refractivity contribution in [1.29, 1.82) is 0 Å². The standard InChI is InChI=1S/C12H16N2O4S/c1-6-10(19-7(2)13-6)11(15)14(3)9-5-18-4-8(9)12(16)17/h8-9H,4-5H2,1-3H3,(H,16,17). The summed E-state index contributed by atoms with van der Waals surface area (Å²) in [5.74, 6) is -1.78. The van der Waals surface area contributed by atoms with Crippen molar-refractivity contribution in [1.82, 2.24) is 9.88 Å². The average molecular weight is 284 g/mol. The van der Waals surface area contributed by atoms with Gasteiger partial charge in [0, 0.05) is 7.05 Å². The molecule has 1 saturated heterocycles. The first-order valence-corrected chi connectivity index (χ1v) is 6.75. The fourth-order valence-corrected chi connectivity index (χ4v) is 3.10. The first-order valence-electron chi connectivity index (χ1n) is 5.93. The van der Waals surface area contributed by atoms with E-state index in [1.165, 1.54) is 16.2 Å². The lowest BCUT2D eigenvalue weighted by molar-refractivity contribution is -0.142. The van der Waals surface area contributed by atoms with Crippen molar-refractivity contribution in [3.63, 3.8) is 0 Å². The van der Waals surface area contributed by atoms with E-state index in [4.69, 9.17) is 9.84 Å². The third-order valence-corrected chi connectivity index (χ3v) is 4.34. The maximum absolute atomic E-state index is 12.4. The van der Waals surface area contributed by atoms with Gasteiger partial charge in [0.2, 0.25) is 0 Å². The lowest BCUT2D eigenvalue weighted by atomic mass is 10.0. The molecule has 2 rings (SSSR count). The molecule has 104 valence electrons. The maximum atomic E-state index is 12.4. The Morgan fingerprint density at radius 1 is 1.42 bits per heavy atom. The van der Waals surface area contributed by atoms with Crippen molar-refractivity contribution in [3.8, 4) is 0 Å². The lowest BCUT2D eigenvalue weighted by Gasteiger charge is -2.25. The minimum atomic E-state index is -0.931. The quantitative estimate of drug-likeness (QED) is 0.893. The fourth-order valence-electron chi connectivity index (χ4n) is 2.20. The van der Waals surface area contributed by atoms with Gasteiger partial charge in [-0.1, -0.05) is 0 Å². The number of hydrogen-bond donors (Lipinski definition) is 1. The van der Waals surface area contributed by atoms with Gasteiger partial charge < -0.3 is 14.7 Å². The average Bonchev–Trinajstić information content (AvgIpc) is 2.93. The molecule has 2 atom stereocenters. The number of ether oxygens (including phenoxy) is 1. The number of aromatic nitrogens is 1. The van der Waals surface area contributed by atoms with Crippen molar-refractivity contribution in [2.75, 3.05) is 20.3 Å². The molecule has 0 spiro atoms. The molecule has 1 N–H and O–H groups in total. The van der Waals surface area contributed by atoms with Gasteiger partial charge in [-0.05, 0) is 13.8 Å². The molecular weight excluding hydrogens is 268 g/mol. The van der Waals surface area contributed by atoms with E-state index in [0.29, 0.717) is 10.6 Å². The van der Waals surface area contributed by atoms with Gasteiger partial charge in [-0.15, -0.1) is 11.3 Å². The Morgan fingerprint density at radius 3 is 2.63 bits per heavy atom. The second-order valence-electron chi connectivity index (χ2n) is 4.61. The van der Waals surface area contributed by atoms with Gasteiger partial charge in [0.05, 0.1) is 30.0 Å². The highest BCUT2D eigenvalue weighted by Gasteiger charge is 2.39. The highest BCUT2D eigenvalue weighted by molar-refractivity contribution is 7.13. The largest absolute Gasteiger partial charge is 0.481 e. The SMILES string of the molecule is Cc1nc(C)c(C(=O)N(C)C2COCC2C(=O)O)s1. The molecule has 1 aliphatic heterocycles. The van der Waals surface area contributed by atoms with Gasteiger partial charge >= 0.3 is 5.97 Å². The summed E-state index contributed by atoms with van der Waals surface area (Å²) in [6, 6.07) is -0.424. The van der Waals surface area contributed by atoms with Crippen LogP contribution < -0.4 is 0 Å². The Kier molecular flexibility index (Phi) is 3.86. The van der Waals surface area contributed by atoms with Gasteiger partial charge in [-0.25, -0.2) is 4.98 Å². The van der Waals surface area contributed by atoms with Crippen LogP contribution in [0.1, 0.15) is 20.4 Å². The Labute approximate surface area is 115 Å². The number of carbonyl (C=O) groups excluding carboxylic acids is 1. The molecule has 1 amide bonds. The van der Waals surface area contributed by atoms with Crippen LogP contribution in [0.15, 0.2) is 0 Å². The predicted octanol–water partition coefficient (Wildman–Crippen LogP) is 0.932. The summed E-state index contributed by atoms with van der Waals surface area (Å²) in [6.07, 6.45) is 0. The predicted molar refractivity (Wildman–Crippen MR) is 69.4 cm³/mol. The zero-order valence-corrected chi connectivity index (χ0v) is 11.9. The third kappa shape index (κ3) is 2.62. The molecule has 0 radical (unpaired) electrons. The van der Waals surface area contributed by atoms with Crippen LogP contribution in [0.25, 0.3) is 0 Å². The maximum Gasteiger partial charge on any atom is 0.311 e. The Balaban J connectivity index is 2.19. The first-order chi connectivity index (χ1) is 8.91. The zero-order valence-electron chi connectivity index (χ0n) is 11.0.